The van der Waals surface area contributed by atoms with Crippen LogP contribution in [0.5, 0.6) is 0 Å². The maximum Gasteiger partial charge on any atom is 0.0809 e. The Morgan fingerprint density at radius 2 is 1.46 bits per heavy atom. The van der Waals surface area contributed by atoms with E-state index < -0.39 is 0 Å². The van der Waals surface area contributed by atoms with Gasteiger partial charge in [0.15, 0.2) is 0 Å². The van der Waals surface area contributed by atoms with E-state index in [0.717, 1.165) is 24.0 Å². The molecule has 0 heterocycles. The second kappa shape index (κ2) is 8.68. The third-order valence-electron chi connectivity index (χ3n) is 4.15. The summed E-state index contributed by atoms with van der Waals surface area (Å²) in [7, 11) is 0. The number of anilines is 2. The molecule has 0 fully saturated rings. The van der Waals surface area contributed by atoms with Crippen molar-refractivity contribution in [3.05, 3.63) is 65.0 Å². The maximum atomic E-state index is 4.75. The minimum atomic E-state index is 0.472. The van der Waals surface area contributed by atoms with Gasteiger partial charge in [0.1, 0.15) is 0 Å². The van der Waals surface area contributed by atoms with Crippen LogP contribution in [0.1, 0.15) is 64.0 Å². The van der Waals surface area contributed by atoms with Crippen LogP contribution in [0.3, 0.4) is 0 Å². The predicted octanol–water partition coefficient (Wildman–Crippen LogP) is 5.99. The summed E-state index contributed by atoms with van der Waals surface area (Å²) in [4.78, 5) is 4.75. The van der Waals surface area contributed by atoms with Gasteiger partial charge in [0.05, 0.1) is 11.0 Å². The molecule has 2 rings (SSSR count). The zero-order chi connectivity index (χ0) is 17.5. The van der Waals surface area contributed by atoms with E-state index in [1.807, 2.05) is 6.07 Å². The van der Waals surface area contributed by atoms with Gasteiger partial charge in [-0.1, -0.05) is 71.0 Å². The van der Waals surface area contributed by atoms with Gasteiger partial charge in [-0.3, -0.25) is 4.99 Å². The summed E-state index contributed by atoms with van der Waals surface area (Å²) in [5.74, 6) is 0.944. The molecule has 0 aliphatic rings. The zero-order valence-electron chi connectivity index (χ0n) is 15.6. The fourth-order valence-corrected chi connectivity index (χ4v) is 2.84. The normalized spacial score (nSPS) is 12.0. The number of nitrogens with one attached hydrogen (secondary N) is 1. The molecule has 0 unspecified atom stereocenters. The average Bonchev–Trinajstić information content (AvgIpc) is 2.77. The summed E-state index contributed by atoms with van der Waals surface area (Å²) in [6.45, 7) is 12.0. The number of rotatable bonds is 6. The molecule has 0 saturated heterocycles. The molecule has 1 N–H and O–H groups in total. The van der Waals surface area contributed by atoms with Crippen LogP contribution in [0.2, 0.25) is 0 Å². The maximum absolute atomic E-state index is 4.75. The molecule has 2 nitrogen and oxygen atoms in total. The molecule has 128 valence electrons. The van der Waals surface area contributed by atoms with Crippen molar-refractivity contribution in [3.63, 3.8) is 0 Å². The Balaban J connectivity index is 2.58. The van der Waals surface area contributed by atoms with Crippen LogP contribution in [0, 0.1) is 0 Å². The van der Waals surface area contributed by atoms with Crippen molar-refractivity contribution < 1.29 is 0 Å². The van der Waals surface area contributed by atoms with Crippen molar-refractivity contribution in [2.45, 2.75) is 52.9 Å². The average molecular weight is 322 g/mol. The lowest BCUT2D eigenvalue weighted by atomic mass is 9.92. The van der Waals surface area contributed by atoms with Crippen LogP contribution in [-0.4, -0.2) is 6.54 Å². The minimum Gasteiger partial charge on any atom is -0.353 e. The van der Waals surface area contributed by atoms with Crippen LogP contribution < -0.4 is 10.7 Å². The first-order valence-corrected chi connectivity index (χ1v) is 9.04. The number of benzene rings is 1. The van der Waals surface area contributed by atoms with Gasteiger partial charge < -0.3 is 5.32 Å². The van der Waals surface area contributed by atoms with Gasteiger partial charge in [-0.25, -0.2) is 0 Å². The molecule has 0 amide bonds. The van der Waals surface area contributed by atoms with Gasteiger partial charge in [-0.15, -0.1) is 0 Å². The molecular weight excluding hydrogens is 292 g/mol. The van der Waals surface area contributed by atoms with Crippen molar-refractivity contribution in [1.29, 1.82) is 0 Å². The second-order valence-electron chi connectivity index (χ2n) is 6.84. The van der Waals surface area contributed by atoms with E-state index in [1.165, 1.54) is 16.8 Å². The fourth-order valence-electron chi connectivity index (χ4n) is 2.84. The van der Waals surface area contributed by atoms with Gasteiger partial charge in [0.25, 0.3) is 0 Å². The van der Waals surface area contributed by atoms with Gasteiger partial charge in [-0.05, 0) is 41.5 Å². The molecule has 0 aliphatic heterocycles. The van der Waals surface area contributed by atoms with Crippen LogP contribution >= 0.6 is 0 Å². The summed E-state index contributed by atoms with van der Waals surface area (Å²) in [6, 6.07) is 17.0. The molecule has 0 aromatic heterocycles. The monoisotopic (exact) mass is 322 g/mol. The van der Waals surface area contributed by atoms with Crippen LogP contribution in [-0.2, 0) is 0 Å². The lowest BCUT2D eigenvalue weighted by Crippen LogP contribution is -2.11. The number of hydrogen-bond acceptors (Lipinski definition) is 2. The van der Waals surface area contributed by atoms with E-state index in [0.29, 0.717) is 11.8 Å². The summed E-state index contributed by atoms with van der Waals surface area (Å²) >= 11 is 0. The minimum absolute atomic E-state index is 0.472. The first-order valence-electron chi connectivity index (χ1n) is 9.04. The lowest BCUT2D eigenvalue weighted by Gasteiger charge is -2.20. The first-order chi connectivity index (χ1) is 11.5. The third-order valence-corrected chi connectivity index (χ3v) is 4.15. The van der Waals surface area contributed by atoms with Gasteiger partial charge >= 0.3 is 0 Å². The van der Waals surface area contributed by atoms with E-state index in [-0.39, 0.29) is 0 Å². The smallest absolute Gasteiger partial charge is 0.0809 e. The van der Waals surface area contributed by atoms with Crippen molar-refractivity contribution in [2.24, 2.45) is 4.99 Å². The van der Waals surface area contributed by atoms with E-state index in [4.69, 9.17) is 4.99 Å². The molecule has 0 saturated carbocycles. The van der Waals surface area contributed by atoms with Crippen molar-refractivity contribution in [3.8, 4) is 0 Å². The van der Waals surface area contributed by atoms with Crippen molar-refractivity contribution in [2.75, 3.05) is 11.9 Å². The Labute approximate surface area is 146 Å². The molecule has 2 aromatic rings. The lowest BCUT2D eigenvalue weighted by molar-refractivity contribution is 0.838. The van der Waals surface area contributed by atoms with E-state index in [2.05, 4.69) is 82.4 Å². The summed E-state index contributed by atoms with van der Waals surface area (Å²) in [5.41, 5.74) is 5.02. The Morgan fingerprint density at radius 3 is 2.04 bits per heavy atom. The summed E-state index contributed by atoms with van der Waals surface area (Å²) in [6.07, 6.45) is 1.05. The van der Waals surface area contributed by atoms with E-state index >= 15 is 0 Å². The highest BCUT2D eigenvalue weighted by molar-refractivity contribution is 5.68. The van der Waals surface area contributed by atoms with E-state index in [9.17, 15) is 0 Å². The second-order valence-corrected chi connectivity index (χ2v) is 6.84. The number of para-hydroxylation sites is 1. The molecular formula is C22H30N2. The molecule has 2 aromatic carbocycles. The molecule has 0 radical (unpaired) electrons. The molecule has 24 heavy (non-hydrogen) atoms. The number of hydrogen-bond donors (Lipinski definition) is 1. The van der Waals surface area contributed by atoms with Crippen LogP contribution in [0.4, 0.5) is 11.4 Å². The zero-order valence-corrected chi connectivity index (χ0v) is 15.6. The van der Waals surface area contributed by atoms with Crippen molar-refractivity contribution in [1.82, 2.24) is 0 Å². The first kappa shape index (κ1) is 18.3. The highest BCUT2D eigenvalue weighted by Gasteiger charge is 2.14. The van der Waals surface area contributed by atoms with Crippen molar-refractivity contribution >= 4 is 11.4 Å². The fraction of sp³-hybridized carbons (Fsp3) is 0.409. The quantitative estimate of drug-likeness (QED) is 0.694. The Kier molecular flexibility index (Phi) is 6.60. The molecule has 0 spiro atoms. The summed E-state index contributed by atoms with van der Waals surface area (Å²) < 4.78 is 0. The molecule has 0 bridgehead atoms. The summed E-state index contributed by atoms with van der Waals surface area (Å²) in [5, 5.41) is 4.73. The Bertz CT molecular complexity index is 704. The van der Waals surface area contributed by atoms with Gasteiger partial charge in [0, 0.05) is 12.2 Å². The van der Waals surface area contributed by atoms with Crippen LogP contribution in [0.15, 0.2) is 53.5 Å². The largest absolute Gasteiger partial charge is 0.353 e. The SMILES string of the molecule is CCCN=c1cccccc1Nc1c(C(C)C)cccc1C(C)C. The Hall–Kier alpha value is -2.09. The van der Waals surface area contributed by atoms with Gasteiger partial charge in [0.2, 0.25) is 0 Å². The molecule has 0 aliphatic carbocycles. The number of nitrogens with zero attached hydrogens (tertiary/aromatic N) is 1. The predicted molar refractivity (Wildman–Crippen MR) is 105 cm³/mol. The van der Waals surface area contributed by atoms with Gasteiger partial charge in [-0.2, -0.15) is 0 Å². The van der Waals surface area contributed by atoms with E-state index in [1.54, 1.807) is 0 Å². The highest BCUT2D eigenvalue weighted by Crippen LogP contribution is 2.33. The standard InChI is InChI=1S/C22H30N2/c1-6-15-23-20-13-8-7-9-14-21(20)24-22-18(16(2)3)11-10-12-19(22)17(4)5/h7-14,16-17H,6,15H2,1-5H3,(H,23,24). The van der Waals surface area contributed by atoms with Crippen LogP contribution in [0.25, 0.3) is 0 Å². The molecule has 0 atom stereocenters. The third kappa shape index (κ3) is 4.47. The molecule has 2 heteroatoms. The topological polar surface area (TPSA) is 24.4 Å². The Morgan fingerprint density at radius 1 is 0.833 bits per heavy atom. The highest BCUT2D eigenvalue weighted by atomic mass is 14.9.